The largest absolute Gasteiger partial charge is 0.414 e. The van der Waals surface area contributed by atoms with Crippen molar-refractivity contribution in [3.8, 4) is 11.5 Å². The van der Waals surface area contributed by atoms with Crippen molar-refractivity contribution in [3.05, 3.63) is 0 Å². The van der Waals surface area contributed by atoms with Crippen LogP contribution in [0.25, 0.3) is 0 Å². The van der Waals surface area contributed by atoms with Gasteiger partial charge in [-0.25, -0.2) is 0 Å². The van der Waals surface area contributed by atoms with Gasteiger partial charge < -0.3 is 19.0 Å². The molecule has 1 saturated heterocycles. The summed E-state index contributed by atoms with van der Waals surface area (Å²) in [7, 11) is -3.62. The molecule has 1 aliphatic rings. The van der Waals surface area contributed by atoms with Gasteiger partial charge in [0.25, 0.3) is 0 Å². The Kier molecular flexibility index (Phi) is 7.23. The number of aliphatic hydroxyl groups is 1. The second-order valence-electron chi connectivity index (χ2n) is 12.2. The second-order valence-corrected chi connectivity index (χ2v) is 21.7. The van der Waals surface area contributed by atoms with E-state index in [1.54, 1.807) is 0 Å². The molecule has 0 saturated carbocycles. The van der Waals surface area contributed by atoms with E-state index in [2.05, 4.69) is 65.0 Å². The van der Waals surface area contributed by atoms with Crippen molar-refractivity contribution in [3.63, 3.8) is 0 Å². The third-order valence-corrected chi connectivity index (χ3v) is 11.2. The highest BCUT2D eigenvalue weighted by atomic mass is 28.4. The van der Waals surface area contributed by atoms with Crippen LogP contribution < -0.4 is 0 Å². The van der Waals surface area contributed by atoms with E-state index in [0.717, 1.165) is 0 Å². The third-order valence-electron chi connectivity index (χ3n) is 5.78. The molecule has 164 valence electrons. The molecule has 0 bridgehead atoms. The number of hydrogen-bond donors (Lipinski definition) is 1. The van der Waals surface area contributed by atoms with Gasteiger partial charge in [-0.15, -0.1) is 5.54 Å². The molecule has 3 atom stereocenters. The smallest absolute Gasteiger partial charge is 0.192 e. The maximum absolute atomic E-state index is 11.8. The Hall–Kier alpha value is -0.166. The van der Waals surface area contributed by atoms with E-state index in [1.807, 2.05) is 34.6 Å². The minimum atomic E-state index is -1.95. The molecule has 0 aromatic carbocycles. The van der Waals surface area contributed by atoms with Crippen LogP contribution in [0.1, 0.15) is 55.4 Å². The zero-order valence-electron chi connectivity index (χ0n) is 20.5. The predicted octanol–water partition coefficient (Wildman–Crippen LogP) is 5.19. The first-order chi connectivity index (χ1) is 12.1. The fourth-order valence-electron chi connectivity index (χ4n) is 2.79. The highest BCUT2D eigenvalue weighted by Gasteiger charge is 2.57. The van der Waals surface area contributed by atoms with Crippen molar-refractivity contribution in [2.45, 2.75) is 117 Å². The Morgan fingerprint density at radius 2 is 1.46 bits per heavy atom. The van der Waals surface area contributed by atoms with Crippen LogP contribution in [-0.2, 0) is 13.9 Å². The van der Waals surface area contributed by atoms with Gasteiger partial charge in [-0.3, -0.25) is 0 Å². The first-order valence-corrected chi connectivity index (χ1v) is 16.8. The average Bonchev–Trinajstić information content (AvgIpc) is 2.75. The third kappa shape index (κ3) is 6.17. The summed E-state index contributed by atoms with van der Waals surface area (Å²) in [6.45, 7) is 27.8. The molecule has 1 aliphatic heterocycles. The quantitative estimate of drug-likeness (QED) is 0.495. The van der Waals surface area contributed by atoms with Crippen LogP contribution >= 0.6 is 0 Å². The molecule has 0 spiro atoms. The van der Waals surface area contributed by atoms with Gasteiger partial charge in [0.05, 0.1) is 6.61 Å². The van der Waals surface area contributed by atoms with Crippen molar-refractivity contribution in [2.75, 3.05) is 6.61 Å². The van der Waals surface area contributed by atoms with Crippen LogP contribution in [0.2, 0.25) is 37.8 Å². The lowest BCUT2D eigenvalue weighted by molar-refractivity contribution is -0.176. The second kappa shape index (κ2) is 7.83. The Morgan fingerprint density at radius 3 is 1.86 bits per heavy atom. The molecule has 0 aliphatic carbocycles. The lowest BCUT2D eigenvalue weighted by Crippen LogP contribution is -2.57. The van der Waals surface area contributed by atoms with Crippen molar-refractivity contribution in [1.29, 1.82) is 0 Å². The van der Waals surface area contributed by atoms with Crippen LogP contribution in [0, 0.1) is 16.9 Å². The van der Waals surface area contributed by atoms with Crippen molar-refractivity contribution in [1.82, 2.24) is 0 Å². The normalized spacial score (nSPS) is 25.8. The molecule has 0 aromatic heterocycles. The van der Waals surface area contributed by atoms with Crippen molar-refractivity contribution in [2.24, 2.45) is 5.41 Å². The van der Waals surface area contributed by atoms with Gasteiger partial charge in [0, 0.05) is 5.41 Å². The molecule has 0 radical (unpaired) electrons. The summed E-state index contributed by atoms with van der Waals surface area (Å²) < 4.78 is 18.9. The summed E-state index contributed by atoms with van der Waals surface area (Å²) in [5.74, 6) is 2.45. The molecule has 0 aromatic rings. The number of rotatable bonds is 4. The van der Waals surface area contributed by atoms with E-state index in [1.165, 1.54) is 0 Å². The van der Waals surface area contributed by atoms with Crippen molar-refractivity contribution >= 4 is 16.4 Å². The standard InChI is InChI=1S/C22H44O4Si2/c1-19(2,3)22(23,14-15-27(9,10)11)18-17(25-21(7,8)26-18)16-24-28(12,13)20(4,5)6/h17-18,23H,16H2,1-13H3/t17-,18-,22-/m0/s1. The van der Waals surface area contributed by atoms with Gasteiger partial charge in [-0.2, -0.15) is 0 Å². The van der Waals surface area contributed by atoms with Crippen LogP contribution in [0.3, 0.4) is 0 Å². The zero-order valence-corrected chi connectivity index (χ0v) is 22.5. The lowest BCUT2D eigenvalue weighted by Gasteiger charge is -2.42. The molecule has 4 nitrogen and oxygen atoms in total. The van der Waals surface area contributed by atoms with Gasteiger partial charge in [0.2, 0.25) is 0 Å². The maximum Gasteiger partial charge on any atom is 0.192 e. The van der Waals surface area contributed by atoms with Crippen LogP contribution in [0.5, 0.6) is 0 Å². The predicted molar refractivity (Wildman–Crippen MR) is 123 cm³/mol. The number of hydrogen-bond acceptors (Lipinski definition) is 4. The average molecular weight is 429 g/mol. The molecule has 0 unspecified atom stereocenters. The van der Waals surface area contributed by atoms with Gasteiger partial charge in [0.15, 0.2) is 19.7 Å². The highest BCUT2D eigenvalue weighted by molar-refractivity contribution is 6.83. The fraction of sp³-hybridized carbons (Fsp3) is 0.909. The molecular weight excluding hydrogens is 384 g/mol. The molecule has 0 amide bonds. The molecule has 28 heavy (non-hydrogen) atoms. The Balaban J connectivity index is 3.28. The minimum absolute atomic E-state index is 0.107. The Morgan fingerprint density at radius 1 is 0.964 bits per heavy atom. The van der Waals surface area contributed by atoms with Gasteiger partial charge in [-0.1, -0.05) is 67.1 Å². The van der Waals surface area contributed by atoms with E-state index in [9.17, 15) is 5.11 Å². The summed E-state index contributed by atoms with van der Waals surface area (Å²) in [6.07, 6.45) is -0.944. The highest BCUT2D eigenvalue weighted by Crippen LogP contribution is 2.43. The van der Waals surface area contributed by atoms with Crippen LogP contribution in [0.4, 0.5) is 0 Å². The first kappa shape index (κ1) is 25.9. The summed E-state index contributed by atoms with van der Waals surface area (Å²) in [6, 6.07) is 0. The van der Waals surface area contributed by atoms with Crippen molar-refractivity contribution < 1.29 is 19.0 Å². The molecule has 1 rings (SSSR count). The van der Waals surface area contributed by atoms with E-state index >= 15 is 0 Å². The summed E-state index contributed by atoms with van der Waals surface area (Å²) >= 11 is 0. The molecule has 1 heterocycles. The first-order valence-electron chi connectivity index (χ1n) is 10.4. The summed E-state index contributed by atoms with van der Waals surface area (Å²) in [4.78, 5) is 0. The van der Waals surface area contributed by atoms with E-state index in [0.29, 0.717) is 6.61 Å². The van der Waals surface area contributed by atoms with Gasteiger partial charge >= 0.3 is 0 Å². The Bertz CT molecular complexity index is 612. The molecular formula is C22H44O4Si2. The van der Waals surface area contributed by atoms with Gasteiger partial charge in [-0.05, 0) is 32.0 Å². The molecule has 1 fully saturated rings. The van der Waals surface area contributed by atoms with Gasteiger partial charge in [0.1, 0.15) is 20.3 Å². The monoisotopic (exact) mass is 428 g/mol. The number of ether oxygens (including phenoxy) is 2. The SMILES string of the molecule is CC1(C)O[C@@H](CO[Si](C)(C)C(C)(C)C)[C@@H]([C@@](O)(C#C[Si](C)(C)C)C(C)(C)C)O1. The topological polar surface area (TPSA) is 47.9 Å². The Labute approximate surface area is 175 Å². The maximum atomic E-state index is 11.8. The van der Waals surface area contributed by atoms with Crippen LogP contribution in [-0.4, -0.2) is 51.7 Å². The molecule has 6 heteroatoms. The fourth-order valence-corrected chi connectivity index (χ4v) is 4.37. The van der Waals surface area contributed by atoms with Crippen LogP contribution in [0.15, 0.2) is 0 Å². The summed E-state index contributed by atoms with van der Waals surface area (Å²) in [5, 5.41) is 11.9. The van der Waals surface area contributed by atoms with E-state index < -0.39 is 39.3 Å². The summed E-state index contributed by atoms with van der Waals surface area (Å²) in [5.41, 5.74) is 1.53. The zero-order chi connectivity index (χ0) is 22.4. The minimum Gasteiger partial charge on any atom is -0.414 e. The van der Waals surface area contributed by atoms with E-state index in [-0.39, 0.29) is 11.1 Å². The van der Waals surface area contributed by atoms with E-state index in [4.69, 9.17) is 13.9 Å². The molecule has 1 N–H and O–H groups in total. The lowest BCUT2D eigenvalue weighted by atomic mass is 9.72.